The Morgan fingerprint density at radius 2 is 1.85 bits per heavy atom. The predicted molar refractivity (Wildman–Crippen MR) is 77.1 cm³/mol. The second-order valence-electron chi connectivity index (χ2n) is 4.13. The molecule has 20 heavy (non-hydrogen) atoms. The van der Waals surface area contributed by atoms with Crippen LogP contribution in [0.15, 0.2) is 42.5 Å². The van der Waals surface area contributed by atoms with Crippen molar-refractivity contribution in [1.82, 2.24) is 0 Å². The van der Waals surface area contributed by atoms with Crippen LogP contribution in [0, 0.1) is 0 Å². The van der Waals surface area contributed by atoms with Crippen LogP contribution in [-0.4, -0.2) is 12.5 Å². The molecule has 0 fully saturated rings. The Kier molecular flexibility index (Phi) is 4.10. The van der Waals surface area contributed by atoms with Gasteiger partial charge in [0.15, 0.2) is 0 Å². The molecule has 104 valence electrons. The van der Waals surface area contributed by atoms with E-state index in [1.807, 2.05) is 6.92 Å². The van der Waals surface area contributed by atoms with E-state index in [-0.39, 0.29) is 0 Å². The fraction of sp³-hybridized carbons (Fsp3) is 0.133. The highest BCUT2D eigenvalue weighted by atomic mass is 16.5. The summed E-state index contributed by atoms with van der Waals surface area (Å²) in [7, 11) is 0. The van der Waals surface area contributed by atoms with Gasteiger partial charge in [0.1, 0.15) is 17.2 Å². The van der Waals surface area contributed by atoms with Crippen LogP contribution >= 0.6 is 0 Å². The predicted octanol–water partition coefficient (Wildman–Crippen LogP) is 2.56. The number of primary amides is 1. The second-order valence-corrected chi connectivity index (χ2v) is 4.13. The molecule has 0 aliphatic heterocycles. The number of nitrogens with two attached hydrogens (primary N) is 2. The van der Waals surface area contributed by atoms with Crippen LogP contribution in [0.5, 0.6) is 17.2 Å². The Labute approximate surface area is 117 Å². The van der Waals surface area contributed by atoms with E-state index in [1.54, 1.807) is 42.5 Å². The largest absolute Gasteiger partial charge is 0.494 e. The normalized spacial score (nSPS) is 10.1. The molecule has 0 saturated carbocycles. The van der Waals surface area contributed by atoms with Gasteiger partial charge in [0, 0.05) is 23.9 Å². The Hall–Kier alpha value is -2.69. The highest BCUT2D eigenvalue weighted by molar-refractivity contribution is 5.95. The number of nitrogen functional groups attached to an aromatic ring is 1. The minimum absolute atomic E-state index is 0.313. The monoisotopic (exact) mass is 272 g/mol. The molecule has 0 unspecified atom stereocenters. The maximum atomic E-state index is 11.3. The molecular weight excluding hydrogens is 256 g/mol. The lowest BCUT2D eigenvalue weighted by molar-refractivity contribution is 0.0998. The van der Waals surface area contributed by atoms with E-state index in [2.05, 4.69) is 0 Å². The molecule has 0 atom stereocenters. The van der Waals surface area contributed by atoms with Gasteiger partial charge >= 0.3 is 0 Å². The smallest absolute Gasteiger partial charge is 0.252 e. The first-order chi connectivity index (χ1) is 9.60. The third-order valence-corrected chi connectivity index (χ3v) is 2.59. The summed E-state index contributed by atoms with van der Waals surface area (Å²) in [6.45, 7) is 2.41. The van der Waals surface area contributed by atoms with Crippen molar-refractivity contribution in [2.24, 2.45) is 5.73 Å². The maximum absolute atomic E-state index is 11.3. The van der Waals surface area contributed by atoms with Crippen LogP contribution in [0.2, 0.25) is 0 Å². The lowest BCUT2D eigenvalue weighted by atomic mass is 10.2. The van der Waals surface area contributed by atoms with Crippen LogP contribution in [0.25, 0.3) is 0 Å². The number of carbonyl (C=O) groups excluding carboxylic acids is 1. The Morgan fingerprint density at radius 1 is 1.15 bits per heavy atom. The van der Waals surface area contributed by atoms with E-state index in [0.717, 1.165) is 0 Å². The minimum Gasteiger partial charge on any atom is -0.494 e. The van der Waals surface area contributed by atoms with Gasteiger partial charge in [-0.1, -0.05) is 12.1 Å². The van der Waals surface area contributed by atoms with Gasteiger partial charge in [-0.15, -0.1) is 0 Å². The first kappa shape index (κ1) is 13.7. The summed E-state index contributed by atoms with van der Waals surface area (Å²) in [5.41, 5.74) is 11.9. The summed E-state index contributed by atoms with van der Waals surface area (Å²) in [5.74, 6) is 0.934. The Morgan fingerprint density at radius 3 is 2.55 bits per heavy atom. The van der Waals surface area contributed by atoms with E-state index in [1.165, 1.54) is 0 Å². The number of hydrogen-bond acceptors (Lipinski definition) is 4. The van der Waals surface area contributed by atoms with Gasteiger partial charge in [0.2, 0.25) is 0 Å². The van der Waals surface area contributed by atoms with Gasteiger partial charge < -0.3 is 20.9 Å². The van der Waals surface area contributed by atoms with Crippen LogP contribution in [0.3, 0.4) is 0 Å². The molecule has 1 amide bonds. The average molecular weight is 272 g/mol. The van der Waals surface area contributed by atoms with Gasteiger partial charge in [0.05, 0.1) is 12.2 Å². The molecule has 0 spiro atoms. The summed E-state index contributed by atoms with van der Waals surface area (Å²) < 4.78 is 11.1. The lowest BCUT2D eigenvalue weighted by Gasteiger charge is -2.11. The van der Waals surface area contributed by atoms with Crippen molar-refractivity contribution in [2.75, 3.05) is 12.3 Å². The van der Waals surface area contributed by atoms with Crippen molar-refractivity contribution < 1.29 is 14.3 Å². The molecular formula is C15H16N2O3. The van der Waals surface area contributed by atoms with Gasteiger partial charge in [-0.25, -0.2) is 0 Å². The molecule has 5 nitrogen and oxygen atoms in total. The van der Waals surface area contributed by atoms with E-state index in [9.17, 15) is 4.79 Å². The van der Waals surface area contributed by atoms with Crippen LogP contribution in [0.4, 0.5) is 5.69 Å². The number of para-hydroxylation sites is 1. The first-order valence-electron chi connectivity index (χ1n) is 6.20. The van der Waals surface area contributed by atoms with Gasteiger partial charge in [-0.3, -0.25) is 4.79 Å². The summed E-state index contributed by atoms with van der Waals surface area (Å²) in [5, 5.41) is 0. The zero-order chi connectivity index (χ0) is 14.5. The number of amides is 1. The molecule has 0 saturated heterocycles. The zero-order valence-corrected chi connectivity index (χ0v) is 11.1. The summed E-state index contributed by atoms with van der Waals surface area (Å²) in [4.78, 5) is 11.3. The fourth-order valence-corrected chi connectivity index (χ4v) is 1.79. The van der Waals surface area contributed by atoms with Gasteiger partial charge in [-0.05, 0) is 19.1 Å². The van der Waals surface area contributed by atoms with Crippen LogP contribution in [0.1, 0.15) is 17.3 Å². The Bertz CT molecular complexity index is 626. The topological polar surface area (TPSA) is 87.6 Å². The minimum atomic E-state index is -0.547. The number of rotatable bonds is 5. The van der Waals surface area contributed by atoms with Crippen molar-refractivity contribution in [3.63, 3.8) is 0 Å². The molecule has 0 bridgehead atoms. The van der Waals surface area contributed by atoms with Crippen molar-refractivity contribution in [2.45, 2.75) is 6.92 Å². The first-order valence-corrected chi connectivity index (χ1v) is 6.20. The van der Waals surface area contributed by atoms with Crippen LogP contribution in [-0.2, 0) is 0 Å². The fourth-order valence-electron chi connectivity index (χ4n) is 1.79. The maximum Gasteiger partial charge on any atom is 0.252 e. The molecule has 2 aromatic carbocycles. The average Bonchev–Trinajstić information content (AvgIpc) is 2.38. The van der Waals surface area contributed by atoms with Gasteiger partial charge in [-0.2, -0.15) is 0 Å². The summed E-state index contributed by atoms with van der Waals surface area (Å²) in [6.07, 6.45) is 0. The number of benzene rings is 2. The third-order valence-electron chi connectivity index (χ3n) is 2.59. The number of hydrogen-bond donors (Lipinski definition) is 2. The van der Waals surface area contributed by atoms with Crippen LogP contribution < -0.4 is 20.9 Å². The van der Waals surface area contributed by atoms with E-state index < -0.39 is 5.91 Å². The third kappa shape index (κ3) is 3.20. The highest BCUT2D eigenvalue weighted by Crippen LogP contribution is 2.30. The second kappa shape index (κ2) is 5.97. The molecule has 0 heterocycles. The van der Waals surface area contributed by atoms with Gasteiger partial charge in [0.25, 0.3) is 5.91 Å². The molecule has 2 rings (SSSR count). The number of ether oxygens (including phenoxy) is 2. The molecule has 0 aliphatic rings. The zero-order valence-electron chi connectivity index (χ0n) is 11.1. The highest BCUT2D eigenvalue weighted by Gasteiger charge is 2.10. The van der Waals surface area contributed by atoms with E-state index in [4.69, 9.17) is 20.9 Å². The molecule has 0 radical (unpaired) electrons. The Balaban J connectivity index is 2.32. The number of carbonyl (C=O) groups is 1. The SMILES string of the molecule is CCOc1cc(N)cc(Oc2ccccc2C(N)=O)c1. The molecule has 0 aliphatic carbocycles. The lowest BCUT2D eigenvalue weighted by Crippen LogP contribution is -2.12. The van der Waals surface area contributed by atoms with Crippen molar-refractivity contribution in [3.05, 3.63) is 48.0 Å². The standard InChI is InChI=1S/C15H16N2O3/c1-2-19-11-7-10(16)8-12(9-11)20-14-6-4-3-5-13(14)15(17)18/h3-9H,2,16H2,1H3,(H2,17,18). The quantitative estimate of drug-likeness (QED) is 0.819. The molecule has 2 aromatic rings. The molecule has 4 N–H and O–H groups in total. The molecule has 0 aromatic heterocycles. The number of anilines is 1. The summed E-state index contributed by atoms with van der Waals surface area (Å²) >= 11 is 0. The van der Waals surface area contributed by atoms with Crippen molar-refractivity contribution in [3.8, 4) is 17.2 Å². The van der Waals surface area contributed by atoms with Crippen molar-refractivity contribution >= 4 is 11.6 Å². The van der Waals surface area contributed by atoms with E-state index in [0.29, 0.717) is 35.1 Å². The van der Waals surface area contributed by atoms with E-state index >= 15 is 0 Å². The molecule has 5 heteroatoms. The van der Waals surface area contributed by atoms with Crippen molar-refractivity contribution in [1.29, 1.82) is 0 Å². The summed E-state index contributed by atoms with van der Waals surface area (Å²) in [6, 6.07) is 11.8.